The van der Waals surface area contributed by atoms with Crippen molar-refractivity contribution < 1.29 is 0 Å². The van der Waals surface area contributed by atoms with Crippen LogP contribution in [0.2, 0.25) is 0 Å². The molecule has 0 radical (unpaired) electrons. The molecule has 5 rings (SSSR count). The highest BCUT2D eigenvalue weighted by Crippen LogP contribution is 2.28. The normalized spacial score (nSPS) is 25.3. The molecule has 98 valence electrons. The summed E-state index contributed by atoms with van der Waals surface area (Å²) in [5.41, 5.74) is 0.925. The summed E-state index contributed by atoms with van der Waals surface area (Å²) in [6, 6.07) is 6.05. The van der Waals surface area contributed by atoms with E-state index in [4.69, 9.17) is 4.98 Å². The van der Waals surface area contributed by atoms with Gasteiger partial charge in [-0.2, -0.15) is 0 Å². The number of nitrogens with zero attached hydrogens (tertiary/aromatic N) is 3. The molecule has 2 bridgehead atoms. The summed E-state index contributed by atoms with van der Waals surface area (Å²) in [6.45, 7) is 2.95. The molecule has 1 fully saturated rings. The van der Waals surface area contributed by atoms with Crippen LogP contribution < -0.4 is 5.56 Å². The van der Waals surface area contributed by atoms with E-state index in [1.54, 1.807) is 0 Å². The van der Waals surface area contributed by atoms with Crippen molar-refractivity contribution in [1.29, 1.82) is 0 Å². The molecule has 0 N–H and O–H groups in total. The molecular weight excluding hydrogens is 306 g/mol. The first kappa shape index (κ1) is 11.6. The first-order valence-electron chi connectivity index (χ1n) is 6.65. The van der Waals surface area contributed by atoms with Crippen molar-refractivity contribution in [2.75, 3.05) is 13.1 Å². The van der Waals surface area contributed by atoms with Crippen molar-refractivity contribution in [2.45, 2.75) is 25.4 Å². The van der Waals surface area contributed by atoms with Crippen molar-refractivity contribution in [3.8, 4) is 0 Å². The SMILES string of the molecule is O=c1c2ccc(Br)cc2nc2n1C1CCN(CC1)C2. The fourth-order valence-electron chi connectivity index (χ4n) is 3.24. The van der Waals surface area contributed by atoms with Crippen molar-refractivity contribution in [2.24, 2.45) is 0 Å². The van der Waals surface area contributed by atoms with Gasteiger partial charge in [-0.05, 0) is 31.0 Å². The molecule has 0 spiro atoms. The van der Waals surface area contributed by atoms with Gasteiger partial charge < -0.3 is 0 Å². The number of aromatic nitrogens is 2. The number of hydrogen-bond acceptors (Lipinski definition) is 3. The molecule has 3 aliphatic rings. The zero-order valence-corrected chi connectivity index (χ0v) is 12.1. The van der Waals surface area contributed by atoms with E-state index < -0.39 is 0 Å². The van der Waals surface area contributed by atoms with E-state index in [1.807, 2.05) is 22.8 Å². The molecule has 2 aromatic rings. The molecule has 0 amide bonds. The zero-order valence-electron chi connectivity index (χ0n) is 10.5. The van der Waals surface area contributed by atoms with Crippen LogP contribution in [0.1, 0.15) is 24.7 Å². The van der Waals surface area contributed by atoms with Crippen LogP contribution in [-0.2, 0) is 6.54 Å². The maximum atomic E-state index is 12.7. The van der Waals surface area contributed by atoms with E-state index in [0.717, 1.165) is 53.7 Å². The highest BCUT2D eigenvalue weighted by atomic mass is 79.9. The standard InChI is InChI=1S/C14H14BrN3O/c15-9-1-2-11-12(7-9)16-13-8-17-5-3-10(4-6-17)18(13)14(11)19/h1-2,7,10H,3-6,8H2. The minimum Gasteiger partial charge on any atom is -0.296 e. The van der Waals surface area contributed by atoms with E-state index in [1.165, 1.54) is 0 Å². The molecule has 3 aliphatic heterocycles. The minimum absolute atomic E-state index is 0.126. The first-order valence-corrected chi connectivity index (χ1v) is 7.45. The molecular formula is C14H14BrN3O. The Morgan fingerprint density at radius 1 is 1.26 bits per heavy atom. The number of rotatable bonds is 0. The second-order valence-electron chi connectivity index (χ2n) is 5.37. The fourth-order valence-corrected chi connectivity index (χ4v) is 3.59. The van der Waals surface area contributed by atoms with Gasteiger partial charge in [-0.15, -0.1) is 0 Å². The predicted molar refractivity (Wildman–Crippen MR) is 77.3 cm³/mol. The lowest BCUT2D eigenvalue weighted by molar-refractivity contribution is 0.208. The fraction of sp³-hybridized carbons (Fsp3) is 0.429. The van der Waals surface area contributed by atoms with Crippen molar-refractivity contribution in [1.82, 2.24) is 14.5 Å². The molecule has 0 unspecified atom stereocenters. The smallest absolute Gasteiger partial charge is 0.261 e. The second-order valence-corrected chi connectivity index (χ2v) is 6.29. The number of hydrogen-bond donors (Lipinski definition) is 0. The molecule has 0 atom stereocenters. The van der Waals surface area contributed by atoms with Gasteiger partial charge in [-0.1, -0.05) is 15.9 Å². The average Bonchev–Trinajstić information content (AvgIpc) is 2.67. The zero-order chi connectivity index (χ0) is 13.0. The number of halogens is 1. The van der Waals surface area contributed by atoms with Crippen LogP contribution in [0.4, 0.5) is 0 Å². The first-order chi connectivity index (χ1) is 9.22. The van der Waals surface area contributed by atoms with Crippen LogP contribution in [0.15, 0.2) is 27.5 Å². The summed E-state index contributed by atoms with van der Waals surface area (Å²) in [6.07, 6.45) is 2.13. The third kappa shape index (κ3) is 1.75. The summed E-state index contributed by atoms with van der Waals surface area (Å²) < 4.78 is 2.91. The lowest BCUT2D eigenvalue weighted by Gasteiger charge is -2.26. The molecule has 19 heavy (non-hydrogen) atoms. The molecule has 1 aromatic heterocycles. The highest BCUT2D eigenvalue weighted by Gasteiger charge is 2.29. The van der Waals surface area contributed by atoms with E-state index in [2.05, 4.69) is 20.8 Å². The van der Waals surface area contributed by atoms with Gasteiger partial charge >= 0.3 is 0 Å². The Kier molecular flexibility index (Phi) is 2.53. The van der Waals surface area contributed by atoms with Gasteiger partial charge in [0.15, 0.2) is 0 Å². The Balaban J connectivity index is 2.05. The molecule has 4 nitrogen and oxygen atoms in total. The van der Waals surface area contributed by atoms with Crippen LogP contribution in [0.25, 0.3) is 10.9 Å². The van der Waals surface area contributed by atoms with Gasteiger partial charge in [0, 0.05) is 23.6 Å². The maximum Gasteiger partial charge on any atom is 0.261 e. The van der Waals surface area contributed by atoms with Gasteiger partial charge in [-0.25, -0.2) is 4.98 Å². The van der Waals surface area contributed by atoms with Crippen LogP contribution >= 0.6 is 15.9 Å². The summed E-state index contributed by atoms with van der Waals surface area (Å²) in [5, 5.41) is 0.729. The summed E-state index contributed by atoms with van der Waals surface area (Å²) in [5.74, 6) is 0.926. The third-order valence-corrected chi connectivity index (χ3v) is 4.72. The van der Waals surface area contributed by atoms with Gasteiger partial charge in [0.25, 0.3) is 5.56 Å². The lowest BCUT2D eigenvalue weighted by atomic mass is 10.1. The predicted octanol–water partition coefficient (Wildman–Crippen LogP) is 2.31. The number of piperidine rings is 1. The Morgan fingerprint density at radius 3 is 2.84 bits per heavy atom. The number of fused-ring (bicyclic) bond motifs is 3. The monoisotopic (exact) mass is 319 g/mol. The molecule has 1 saturated heterocycles. The Hall–Kier alpha value is -1.20. The van der Waals surface area contributed by atoms with Crippen molar-refractivity contribution in [3.63, 3.8) is 0 Å². The third-order valence-electron chi connectivity index (χ3n) is 4.22. The lowest BCUT2D eigenvalue weighted by Crippen LogP contribution is -2.31. The summed E-state index contributed by atoms with van der Waals surface area (Å²) >= 11 is 3.45. The van der Waals surface area contributed by atoms with E-state index in [-0.39, 0.29) is 5.56 Å². The highest BCUT2D eigenvalue weighted by molar-refractivity contribution is 9.10. The van der Waals surface area contributed by atoms with E-state index in [0.29, 0.717) is 6.04 Å². The average molecular weight is 320 g/mol. The molecule has 5 heteroatoms. The quantitative estimate of drug-likeness (QED) is 0.748. The second kappa shape index (κ2) is 4.15. The Bertz CT molecular complexity index is 716. The van der Waals surface area contributed by atoms with Crippen molar-refractivity contribution >= 4 is 26.8 Å². The summed E-state index contributed by atoms with van der Waals surface area (Å²) in [7, 11) is 0. The van der Waals surface area contributed by atoms with Crippen LogP contribution in [0.5, 0.6) is 0 Å². The van der Waals surface area contributed by atoms with E-state index >= 15 is 0 Å². The molecule has 4 heterocycles. The Labute approximate surface area is 119 Å². The maximum absolute atomic E-state index is 12.7. The van der Waals surface area contributed by atoms with Gasteiger partial charge in [0.05, 0.1) is 17.4 Å². The van der Waals surface area contributed by atoms with Gasteiger partial charge in [0.2, 0.25) is 0 Å². The van der Waals surface area contributed by atoms with Gasteiger partial charge in [0.1, 0.15) is 5.82 Å². The molecule has 0 saturated carbocycles. The van der Waals surface area contributed by atoms with Crippen LogP contribution in [0, 0.1) is 0 Å². The Morgan fingerprint density at radius 2 is 2.05 bits per heavy atom. The minimum atomic E-state index is 0.126. The molecule has 1 aromatic carbocycles. The van der Waals surface area contributed by atoms with Crippen LogP contribution in [-0.4, -0.2) is 27.5 Å². The van der Waals surface area contributed by atoms with Gasteiger partial charge in [-0.3, -0.25) is 14.3 Å². The summed E-state index contributed by atoms with van der Waals surface area (Å²) in [4.78, 5) is 19.8. The van der Waals surface area contributed by atoms with Crippen molar-refractivity contribution in [3.05, 3.63) is 38.9 Å². The number of benzene rings is 1. The topological polar surface area (TPSA) is 38.1 Å². The largest absolute Gasteiger partial charge is 0.296 e. The molecule has 0 aliphatic carbocycles. The van der Waals surface area contributed by atoms with Crippen LogP contribution in [0.3, 0.4) is 0 Å². The van der Waals surface area contributed by atoms with E-state index in [9.17, 15) is 4.79 Å².